The topological polar surface area (TPSA) is 82.9 Å². The Morgan fingerprint density at radius 2 is 2.00 bits per heavy atom. The van der Waals surface area contributed by atoms with Crippen LogP contribution in [0.4, 0.5) is 16.2 Å². The molecular formula is C22H27N3O4. The molecule has 29 heavy (non-hydrogen) atoms. The first-order chi connectivity index (χ1) is 13.8. The Balaban J connectivity index is 1.81. The van der Waals surface area contributed by atoms with Crippen molar-refractivity contribution in [3.63, 3.8) is 0 Å². The Labute approximate surface area is 170 Å². The van der Waals surface area contributed by atoms with E-state index in [4.69, 9.17) is 4.42 Å². The van der Waals surface area contributed by atoms with E-state index in [1.165, 1.54) is 0 Å². The summed E-state index contributed by atoms with van der Waals surface area (Å²) in [6.45, 7) is 7.06. The SMILES string of the molecule is CCCC(C)c1cc(C)c(C(=O)Nc2cccc(N3CCN(C)C3=O)c2)c(=O)o1. The van der Waals surface area contributed by atoms with Crippen molar-refractivity contribution in [2.24, 2.45) is 0 Å². The van der Waals surface area contributed by atoms with E-state index in [9.17, 15) is 14.4 Å². The molecule has 154 valence electrons. The number of likely N-dealkylation sites (N-methyl/N-ethyl adjacent to an activating group) is 1. The highest BCUT2D eigenvalue weighted by Gasteiger charge is 2.27. The molecule has 3 rings (SSSR count). The number of carbonyl (C=O) groups excluding carboxylic acids is 2. The molecule has 2 aromatic rings. The molecule has 3 amide bonds. The van der Waals surface area contributed by atoms with Gasteiger partial charge in [0.15, 0.2) is 0 Å². The molecule has 0 aliphatic carbocycles. The summed E-state index contributed by atoms with van der Waals surface area (Å²) in [6.07, 6.45) is 1.89. The van der Waals surface area contributed by atoms with Gasteiger partial charge in [0.2, 0.25) is 0 Å². The average molecular weight is 397 g/mol. The van der Waals surface area contributed by atoms with E-state index in [-0.39, 0.29) is 17.5 Å². The summed E-state index contributed by atoms with van der Waals surface area (Å²) in [7, 11) is 1.75. The Hall–Kier alpha value is -3.09. The smallest absolute Gasteiger partial charge is 0.349 e. The lowest BCUT2D eigenvalue weighted by Crippen LogP contribution is -2.29. The van der Waals surface area contributed by atoms with Gasteiger partial charge in [-0.1, -0.05) is 26.3 Å². The van der Waals surface area contributed by atoms with Crippen LogP contribution in [-0.2, 0) is 0 Å². The molecule has 7 nitrogen and oxygen atoms in total. The van der Waals surface area contributed by atoms with Crippen molar-refractivity contribution in [1.82, 2.24) is 4.90 Å². The fourth-order valence-electron chi connectivity index (χ4n) is 3.56. The van der Waals surface area contributed by atoms with Crippen LogP contribution in [-0.4, -0.2) is 37.0 Å². The number of benzene rings is 1. The lowest BCUT2D eigenvalue weighted by atomic mass is 10.0. The van der Waals surface area contributed by atoms with Gasteiger partial charge in [-0.15, -0.1) is 0 Å². The largest absolute Gasteiger partial charge is 0.427 e. The van der Waals surface area contributed by atoms with Gasteiger partial charge in [0, 0.05) is 37.4 Å². The third kappa shape index (κ3) is 4.34. The minimum atomic E-state index is -0.632. The van der Waals surface area contributed by atoms with Crippen LogP contribution >= 0.6 is 0 Å². The summed E-state index contributed by atoms with van der Waals surface area (Å²) >= 11 is 0. The van der Waals surface area contributed by atoms with E-state index in [1.807, 2.05) is 13.0 Å². The number of hydrogen-bond donors (Lipinski definition) is 1. The number of nitrogens with zero attached hydrogens (tertiary/aromatic N) is 2. The molecule has 1 aromatic carbocycles. The van der Waals surface area contributed by atoms with E-state index in [2.05, 4.69) is 12.2 Å². The summed E-state index contributed by atoms with van der Waals surface area (Å²) < 4.78 is 5.42. The highest BCUT2D eigenvalue weighted by atomic mass is 16.4. The molecular weight excluding hydrogens is 370 g/mol. The monoisotopic (exact) mass is 397 g/mol. The average Bonchev–Trinajstić information content (AvgIpc) is 3.00. The molecule has 0 spiro atoms. The van der Waals surface area contributed by atoms with Gasteiger partial charge < -0.3 is 14.6 Å². The van der Waals surface area contributed by atoms with Crippen LogP contribution in [0.25, 0.3) is 0 Å². The Morgan fingerprint density at radius 3 is 2.62 bits per heavy atom. The first kappa shape index (κ1) is 20.6. The minimum absolute atomic E-state index is 0.000154. The van der Waals surface area contributed by atoms with Crippen molar-refractivity contribution < 1.29 is 14.0 Å². The number of rotatable bonds is 6. The first-order valence-electron chi connectivity index (χ1n) is 9.90. The second-order valence-electron chi connectivity index (χ2n) is 7.54. The Bertz CT molecular complexity index is 982. The van der Waals surface area contributed by atoms with Gasteiger partial charge in [0.25, 0.3) is 5.91 Å². The van der Waals surface area contributed by atoms with Crippen molar-refractivity contribution in [3.8, 4) is 0 Å². The van der Waals surface area contributed by atoms with Gasteiger partial charge in [0.05, 0.1) is 0 Å². The highest BCUT2D eigenvalue weighted by Crippen LogP contribution is 2.24. The molecule has 1 aromatic heterocycles. The van der Waals surface area contributed by atoms with Crippen LogP contribution in [0.3, 0.4) is 0 Å². The van der Waals surface area contributed by atoms with Gasteiger partial charge in [-0.2, -0.15) is 0 Å². The molecule has 1 aliphatic rings. The van der Waals surface area contributed by atoms with E-state index in [0.717, 1.165) is 12.8 Å². The molecule has 1 unspecified atom stereocenters. The minimum Gasteiger partial charge on any atom is -0.427 e. The number of carbonyl (C=O) groups is 2. The second-order valence-corrected chi connectivity index (χ2v) is 7.54. The summed E-state index contributed by atoms with van der Waals surface area (Å²) in [5.74, 6) is 0.203. The zero-order valence-electron chi connectivity index (χ0n) is 17.3. The maximum atomic E-state index is 12.8. The highest BCUT2D eigenvalue weighted by molar-refractivity contribution is 6.05. The van der Waals surface area contributed by atoms with Crippen molar-refractivity contribution in [2.45, 2.75) is 39.5 Å². The van der Waals surface area contributed by atoms with E-state index < -0.39 is 11.5 Å². The summed E-state index contributed by atoms with van der Waals surface area (Å²) in [6, 6.07) is 8.72. The number of anilines is 2. The fourth-order valence-corrected chi connectivity index (χ4v) is 3.56. The zero-order chi connectivity index (χ0) is 21.1. The summed E-state index contributed by atoms with van der Waals surface area (Å²) in [5, 5.41) is 2.75. The zero-order valence-corrected chi connectivity index (χ0v) is 17.3. The Kier molecular flexibility index (Phi) is 6.06. The van der Waals surface area contributed by atoms with Gasteiger partial charge in [-0.3, -0.25) is 9.69 Å². The van der Waals surface area contributed by atoms with Gasteiger partial charge in [-0.25, -0.2) is 9.59 Å². The molecule has 0 radical (unpaired) electrons. The van der Waals surface area contributed by atoms with Crippen LogP contribution in [0.2, 0.25) is 0 Å². The van der Waals surface area contributed by atoms with Crippen LogP contribution in [0.1, 0.15) is 54.3 Å². The van der Waals surface area contributed by atoms with Crippen molar-refractivity contribution in [1.29, 1.82) is 0 Å². The van der Waals surface area contributed by atoms with Gasteiger partial charge in [-0.05, 0) is 43.2 Å². The molecule has 1 fully saturated rings. The molecule has 2 heterocycles. The molecule has 0 saturated carbocycles. The van der Waals surface area contributed by atoms with Crippen molar-refractivity contribution in [2.75, 3.05) is 30.4 Å². The van der Waals surface area contributed by atoms with Crippen LogP contribution in [0, 0.1) is 6.92 Å². The molecule has 1 atom stereocenters. The lowest BCUT2D eigenvalue weighted by molar-refractivity contribution is 0.102. The second kappa shape index (κ2) is 8.51. The number of aryl methyl sites for hydroxylation is 1. The molecule has 1 N–H and O–H groups in total. The van der Waals surface area contributed by atoms with Gasteiger partial charge in [0.1, 0.15) is 11.3 Å². The predicted octanol–water partition coefficient (Wildman–Crippen LogP) is 3.98. The van der Waals surface area contributed by atoms with Crippen molar-refractivity contribution in [3.05, 3.63) is 57.6 Å². The normalized spacial score (nSPS) is 15.0. The molecule has 1 saturated heterocycles. The van der Waals surface area contributed by atoms with Crippen molar-refractivity contribution >= 4 is 23.3 Å². The van der Waals surface area contributed by atoms with E-state index in [0.29, 0.717) is 35.8 Å². The summed E-state index contributed by atoms with van der Waals surface area (Å²) in [5.41, 5.74) is 1.17. The van der Waals surface area contributed by atoms with E-state index in [1.54, 1.807) is 48.0 Å². The van der Waals surface area contributed by atoms with E-state index >= 15 is 0 Å². The maximum Gasteiger partial charge on any atom is 0.349 e. The standard InChI is InChI=1S/C22H27N3O4/c1-5-7-14(2)18-12-15(3)19(21(27)29-18)20(26)23-16-8-6-9-17(13-16)25-11-10-24(4)22(25)28/h6,8-9,12-14H,5,7,10-11H2,1-4H3,(H,23,26). The quantitative estimate of drug-likeness (QED) is 0.799. The first-order valence-corrected chi connectivity index (χ1v) is 9.90. The molecule has 0 bridgehead atoms. The Morgan fingerprint density at radius 1 is 1.24 bits per heavy atom. The third-order valence-electron chi connectivity index (χ3n) is 5.23. The summed E-state index contributed by atoms with van der Waals surface area (Å²) in [4.78, 5) is 40.7. The number of hydrogen-bond acceptors (Lipinski definition) is 4. The predicted molar refractivity (Wildman–Crippen MR) is 113 cm³/mol. The van der Waals surface area contributed by atoms with Crippen LogP contribution < -0.4 is 15.8 Å². The number of urea groups is 1. The lowest BCUT2D eigenvalue weighted by Gasteiger charge is -2.17. The van der Waals surface area contributed by atoms with Crippen LogP contribution in [0.5, 0.6) is 0 Å². The number of nitrogens with one attached hydrogen (secondary N) is 1. The third-order valence-corrected chi connectivity index (χ3v) is 5.23. The maximum absolute atomic E-state index is 12.8. The number of amides is 3. The fraction of sp³-hybridized carbons (Fsp3) is 0.409. The molecule has 7 heteroatoms. The van der Waals surface area contributed by atoms with Gasteiger partial charge >= 0.3 is 11.7 Å². The van der Waals surface area contributed by atoms with Crippen LogP contribution in [0.15, 0.2) is 39.5 Å². The molecule has 1 aliphatic heterocycles.